The number of aliphatic hydroxyl groups is 1. The molecule has 0 spiro atoms. The zero-order valence-electron chi connectivity index (χ0n) is 12.5. The summed E-state index contributed by atoms with van der Waals surface area (Å²) in [5.74, 6) is 0.583. The highest BCUT2D eigenvalue weighted by Gasteiger charge is 2.15. The maximum atomic E-state index is 9.38. The van der Waals surface area contributed by atoms with Crippen molar-refractivity contribution in [3.63, 3.8) is 0 Å². The zero-order chi connectivity index (χ0) is 15.5. The van der Waals surface area contributed by atoms with Crippen molar-refractivity contribution in [2.24, 2.45) is 0 Å². The molecule has 2 aromatic heterocycles. The molecule has 0 bridgehead atoms. The highest BCUT2D eigenvalue weighted by Crippen LogP contribution is 2.32. The average molecular weight is 315 g/mol. The summed E-state index contributed by atoms with van der Waals surface area (Å²) in [6.07, 6.45) is 2.51. The van der Waals surface area contributed by atoms with E-state index in [1.165, 1.54) is 11.8 Å². The van der Waals surface area contributed by atoms with Gasteiger partial charge in [-0.1, -0.05) is 19.1 Å². The summed E-state index contributed by atoms with van der Waals surface area (Å²) in [7, 11) is 0. The Balaban J connectivity index is 2.06. The summed E-state index contributed by atoms with van der Waals surface area (Å²) in [6.45, 7) is 4.79. The lowest BCUT2D eigenvalue weighted by Gasteiger charge is -2.09. The number of hydrogen-bond acceptors (Lipinski definition) is 6. The molecule has 0 amide bonds. The summed E-state index contributed by atoms with van der Waals surface area (Å²) in [6, 6.07) is 6.01. The van der Waals surface area contributed by atoms with E-state index in [-0.39, 0.29) is 6.61 Å². The fraction of sp³-hybridized carbons (Fsp3) is 0.333. The van der Waals surface area contributed by atoms with Crippen molar-refractivity contribution in [3.05, 3.63) is 35.9 Å². The number of aryl methyl sites for hydroxylation is 1. The van der Waals surface area contributed by atoms with E-state index < -0.39 is 0 Å². The Hall–Kier alpha value is -1.99. The van der Waals surface area contributed by atoms with Crippen LogP contribution in [0.5, 0.6) is 0 Å². The van der Waals surface area contributed by atoms with Gasteiger partial charge in [0, 0.05) is 11.9 Å². The quantitative estimate of drug-likeness (QED) is 0.729. The van der Waals surface area contributed by atoms with Crippen LogP contribution in [-0.2, 0) is 13.2 Å². The van der Waals surface area contributed by atoms with E-state index in [2.05, 4.69) is 27.1 Å². The van der Waals surface area contributed by atoms with Crippen molar-refractivity contribution in [2.45, 2.75) is 43.6 Å². The second-order valence-electron chi connectivity index (χ2n) is 4.96. The van der Waals surface area contributed by atoms with Crippen molar-refractivity contribution in [1.29, 1.82) is 0 Å². The first-order valence-electron chi connectivity index (χ1n) is 7.15. The van der Waals surface area contributed by atoms with Crippen LogP contribution in [0.2, 0.25) is 0 Å². The molecule has 0 atom stereocenters. The van der Waals surface area contributed by atoms with Gasteiger partial charge in [-0.15, -0.1) is 10.2 Å². The molecule has 1 N–H and O–H groups in total. The standard InChI is InChI=1S/C15H17N5OS/c1-3-7-20-12(8-21)18-19-15(20)22-14-13-10(2)5-4-6-11(13)16-9-17-14/h4-6,9,21H,3,7-8H2,1-2H3. The van der Waals surface area contributed by atoms with Gasteiger partial charge in [-0.25, -0.2) is 9.97 Å². The Morgan fingerprint density at radius 1 is 1.23 bits per heavy atom. The van der Waals surface area contributed by atoms with Crippen LogP contribution in [0, 0.1) is 6.92 Å². The second-order valence-corrected chi connectivity index (χ2v) is 5.91. The van der Waals surface area contributed by atoms with E-state index in [9.17, 15) is 5.11 Å². The number of hydrogen-bond donors (Lipinski definition) is 1. The lowest BCUT2D eigenvalue weighted by Crippen LogP contribution is -2.05. The molecule has 3 rings (SSSR count). The first-order valence-corrected chi connectivity index (χ1v) is 7.97. The van der Waals surface area contributed by atoms with E-state index in [0.29, 0.717) is 5.82 Å². The van der Waals surface area contributed by atoms with Gasteiger partial charge in [-0.2, -0.15) is 0 Å². The monoisotopic (exact) mass is 315 g/mol. The molecule has 1 aromatic carbocycles. The number of rotatable bonds is 5. The first-order chi connectivity index (χ1) is 10.7. The second kappa shape index (κ2) is 6.41. The van der Waals surface area contributed by atoms with E-state index in [0.717, 1.165) is 39.6 Å². The molecule has 0 fully saturated rings. The maximum Gasteiger partial charge on any atom is 0.197 e. The maximum absolute atomic E-state index is 9.38. The molecule has 22 heavy (non-hydrogen) atoms. The Morgan fingerprint density at radius 2 is 2.09 bits per heavy atom. The van der Waals surface area contributed by atoms with Crippen molar-refractivity contribution in [3.8, 4) is 0 Å². The lowest BCUT2D eigenvalue weighted by atomic mass is 10.1. The Kier molecular flexibility index (Phi) is 4.35. The van der Waals surface area contributed by atoms with Crippen molar-refractivity contribution >= 4 is 22.7 Å². The van der Waals surface area contributed by atoms with E-state index in [1.54, 1.807) is 6.33 Å². The van der Waals surface area contributed by atoms with Gasteiger partial charge in [0.05, 0.1) is 5.52 Å². The molecule has 2 heterocycles. The summed E-state index contributed by atoms with van der Waals surface area (Å²) >= 11 is 1.46. The van der Waals surface area contributed by atoms with Crippen molar-refractivity contribution in [1.82, 2.24) is 24.7 Å². The smallest absolute Gasteiger partial charge is 0.197 e. The normalized spacial score (nSPS) is 11.2. The van der Waals surface area contributed by atoms with Crippen molar-refractivity contribution < 1.29 is 5.11 Å². The number of aliphatic hydroxyl groups excluding tert-OH is 1. The highest BCUT2D eigenvalue weighted by atomic mass is 32.2. The molecular formula is C15H17N5OS. The highest BCUT2D eigenvalue weighted by molar-refractivity contribution is 7.99. The summed E-state index contributed by atoms with van der Waals surface area (Å²) in [5.41, 5.74) is 2.05. The molecule has 0 saturated heterocycles. The van der Waals surface area contributed by atoms with Crippen LogP contribution in [0.1, 0.15) is 24.7 Å². The molecule has 0 saturated carbocycles. The molecule has 0 aliphatic carbocycles. The third kappa shape index (κ3) is 2.69. The molecule has 0 radical (unpaired) electrons. The third-order valence-electron chi connectivity index (χ3n) is 3.41. The summed E-state index contributed by atoms with van der Waals surface area (Å²) in [4.78, 5) is 8.72. The fourth-order valence-corrected chi connectivity index (χ4v) is 3.40. The number of nitrogens with zero attached hydrogens (tertiary/aromatic N) is 5. The van der Waals surface area contributed by atoms with Gasteiger partial charge in [0.15, 0.2) is 11.0 Å². The minimum absolute atomic E-state index is 0.114. The van der Waals surface area contributed by atoms with Gasteiger partial charge >= 0.3 is 0 Å². The van der Waals surface area contributed by atoms with Gasteiger partial charge in [0.1, 0.15) is 18.0 Å². The minimum atomic E-state index is -0.114. The predicted molar refractivity (Wildman–Crippen MR) is 84.6 cm³/mol. The SMILES string of the molecule is CCCn1c(CO)nnc1Sc1ncnc2cccc(C)c12. The van der Waals surface area contributed by atoms with Crippen LogP contribution in [0.15, 0.2) is 34.7 Å². The predicted octanol–water partition coefficient (Wildman–Crippen LogP) is 2.58. The Labute approximate surface area is 132 Å². The van der Waals surface area contributed by atoms with Gasteiger partial charge in [0.25, 0.3) is 0 Å². The largest absolute Gasteiger partial charge is 0.388 e. The van der Waals surface area contributed by atoms with Crippen LogP contribution in [-0.4, -0.2) is 29.8 Å². The lowest BCUT2D eigenvalue weighted by molar-refractivity contribution is 0.263. The summed E-state index contributed by atoms with van der Waals surface area (Å²) < 4.78 is 1.94. The molecular weight excluding hydrogens is 298 g/mol. The minimum Gasteiger partial charge on any atom is -0.388 e. The van der Waals surface area contributed by atoms with E-state index in [4.69, 9.17) is 0 Å². The van der Waals surface area contributed by atoms with Gasteiger partial charge in [-0.3, -0.25) is 0 Å². The van der Waals surface area contributed by atoms with Crippen LogP contribution in [0.3, 0.4) is 0 Å². The average Bonchev–Trinajstić information content (AvgIpc) is 2.90. The molecule has 0 aliphatic heterocycles. The number of benzene rings is 1. The third-order valence-corrected chi connectivity index (χ3v) is 4.39. The van der Waals surface area contributed by atoms with Crippen LogP contribution in [0.4, 0.5) is 0 Å². The molecule has 0 aliphatic rings. The van der Waals surface area contributed by atoms with Crippen LogP contribution in [0.25, 0.3) is 10.9 Å². The number of fused-ring (bicyclic) bond motifs is 1. The molecule has 3 aromatic rings. The van der Waals surface area contributed by atoms with Crippen LogP contribution >= 0.6 is 11.8 Å². The molecule has 6 nitrogen and oxygen atoms in total. The Morgan fingerprint density at radius 3 is 2.86 bits per heavy atom. The topological polar surface area (TPSA) is 76.7 Å². The number of aromatic nitrogens is 5. The molecule has 114 valence electrons. The van der Waals surface area contributed by atoms with Gasteiger partial charge in [-0.05, 0) is 36.7 Å². The van der Waals surface area contributed by atoms with Crippen molar-refractivity contribution in [2.75, 3.05) is 0 Å². The van der Waals surface area contributed by atoms with E-state index >= 15 is 0 Å². The zero-order valence-corrected chi connectivity index (χ0v) is 13.3. The van der Waals surface area contributed by atoms with Crippen LogP contribution < -0.4 is 0 Å². The Bertz CT molecular complexity index is 796. The van der Waals surface area contributed by atoms with E-state index in [1.807, 2.05) is 29.7 Å². The molecule has 0 unspecified atom stereocenters. The van der Waals surface area contributed by atoms with Gasteiger partial charge < -0.3 is 9.67 Å². The molecule has 7 heteroatoms. The van der Waals surface area contributed by atoms with Gasteiger partial charge in [0.2, 0.25) is 0 Å². The fourth-order valence-electron chi connectivity index (χ4n) is 2.37. The summed E-state index contributed by atoms with van der Waals surface area (Å²) in [5, 5.41) is 20.3. The first kappa shape index (κ1) is 14.9.